The first-order valence-corrected chi connectivity index (χ1v) is 9.60. The fourth-order valence-corrected chi connectivity index (χ4v) is 3.56. The van der Waals surface area contributed by atoms with Crippen molar-refractivity contribution in [3.63, 3.8) is 0 Å². The molecule has 1 fully saturated rings. The summed E-state index contributed by atoms with van der Waals surface area (Å²) in [7, 11) is 0. The molecule has 0 bridgehead atoms. The lowest BCUT2D eigenvalue weighted by molar-refractivity contribution is -0.117. The van der Waals surface area contributed by atoms with Crippen LogP contribution in [0.5, 0.6) is 0 Å². The quantitative estimate of drug-likeness (QED) is 0.742. The SMILES string of the molecule is CC1CCN(CC(=O)Nc2cc3cc(-c4cncc(F)c4)ccc3cn2)CC1. The van der Waals surface area contributed by atoms with Crippen molar-refractivity contribution in [1.29, 1.82) is 0 Å². The summed E-state index contributed by atoms with van der Waals surface area (Å²) in [5.74, 6) is 0.848. The Labute approximate surface area is 163 Å². The molecule has 6 heteroatoms. The fraction of sp³-hybridized carbons (Fsp3) is 0.318. The Hall–Kier alpha value is -2.86. The van der Waals surface area contributed by atoms with Gasteiger partial charge in [0.2, 0.25) is 5.91 Å². The number of anilines is 1. The molecule has 0 spiro atoms. The van der Waals surface area contributed by atoms with Crippen molar-refractivity contribution in [1.82, 2.24) is 14.9 Å². The Morgan fingerprint density at radius 3 is 2.71 bits per heavy atom. The molecule has 144 valence electrons. The number of benzene rings is 1. The third kappa shape index (κ3) is 4.34. The Bertz CT molecular complexity index is 999. The highest BCUT2D eigenvalue weighted by Crippen LogP contribution is 2.25. The van der Waals surface area contributed by atoms with Crippen LogP contribution in [0.25, 0.3) is 21.9 Å². The van der Waals surface area contributed by atoms with Gasteiger partial charge in [-0.25, -0.2) is 9.37 Å². The van der Waals surface area contributed by atoms with Crippen LogP contribution in [0.4, 0.5) is 10.2 Å². The van der Waals surface area contributed by atoms with Crippen LogP contribution < -0.4 is 5.32 Å². The molecule has 0 saturated carbocycles. The molecule has 3 heterocycles. The number of nitrogens with zero attached hydrogens (tertiary/aromatic N) is 3. The van der Waals surface area contributed by atoms with E-state index in [1.54, 1.807) is 12.4 Å². The van der Waals surface area contributed by atoms with Gasteiger partial charge in [-0.05, 0) is 61.0 Å². The average Bonchev–Trinajstić information content (AvgIpc) is 2.69. The van der Waals surface area contributed by atoms with Gasteiger partial charge >= 0.3 is 0 Å². The number of rotatable bonds is 4. The number of carbonyl (C=O) groups excluding carboxylic acids is 1. The number of fused-ring (bicyclic) bond motifs is 1. The highest BCUT2D eigenvalue weighted by molar-refractivity contribution is 5.94. The molecule has 1 N–H and O–H groups in total. The zero-order chi connectivity index (χ0) is 19.5. The zero-order valence-corrected chi connectivity index (χ0v) is 15.9. The first kappa shape index (κ1) is 18.5. The Morgan fingerprint density at radius 1 is 1.11 bits per heavy atom. The van der Waals surface area contributed by atoms with Gasteiger partial charge in [0.1, 0.15) is 11.6 Å². The van der Waals surface area contributed by atoms with Crippen LogP contribution in [0.2, 0.25) is 0 Å². The van der Waals surface area contributed by atoms with E-state index in [-0.39, 0.29) is 11.7 Å². The summed E-state index contributed by atoms with van der Waals surface area (Å²) in [5.41, 5.74) is 1.58. The third-order valence-electron chi connectivity index (χ3n) is 5.27. The molecular formula is C22H23FN4O. The number of nitrogens with one attached hydrogen (secondary N) is 1. The van der Waals surface area contributed by atoms with Crippen molar-refractivity contribution < 1.29 is 9.18 Å². The molecule has 0 aliphatic carbocycles. The van der Waals surface area contributed by atoms with E-state index in [1.807, 2.05) is 24.3 Å². The van der Waals surface area contributed by atoms with Crippen LogP contribution in [0, 0.1) is 11.7 Å². The number of amides is 1. The minimum Gasteiger partial charge on any atom is -0.310 e. The zero-order valence-electron chi connectivity index (χ0n) is 15.9. The molecule has 3 aromatic rings. The largest absolute Gasteiger partial charge is 0.310 e. The van der Waals surface area contributed by atoms with E-state index in [1.165, 1.54) is 12.3 Å². The molecule has 28 heavy (non-hydrogen) atoms. The summed E-state index contributed by atoms with van der Waals surface area (Å²) in [6, 6.07) is 9.10. The van der Waals surface area contributed by atoms with Crippen LogP contribution in [0.3, 0.4) is 0 Å². The standard InChI is InChI=1S/C22H23FN4O/c1-15-4-6-27(7-5-15)14-22(28)26-21-10-18-8-16(2-3-17(18)12-25-21)19-9-20(23)13-24-11-19/h2-3,8-13,15H,4-7,14H2,1H3,(H,25,26,28). The molecule has 1 saturated heterocycles. The Balaban J connectivity index is 1.49. The number of halogens is 1. The van der Waals surface area contributed by atoms with E-state index < -0.39 is 0 Å². The highest BCUT2D eigenvalue weighted by atomic mass is 19.1. The smallest absolute Gasteiger partial charge is 0.239 e. The minimum atomic E-state index is -0.368. The maximum Gasteiger partial charge on any atom is 0.239 e. The molecule has 1 aliphatic rings. The van der Waals surface area contributed by atoms with Gasteiger partial charge < -0.3 is 5.32 Å². The van der Waals surface area contributed by atoms with Crippen molar-refractivity contribution in [3.8, 4) is 11.1 Å². The van der Waals surface area contributed by atoms with Crippen LogP contribution in [0.1, 0.15) is 19.8 Å². The molecule has 1 amide bonds. The maximum absolute atomic E-state index is 13.5. The third-order valence-corrected chi connectivity index (χ3v) is 5.27. The number of likely N-dealkylation sites (tertiary alicyclic amines) is 1. The van der Waals surface area contributed by atoms with E-state index in [9.17, 15) is 9.18 Å². The van der Waals surface area contributed by atoms with Gasteiger partial charge in [-0.1, -0.05) is 19.1 Å². The second-order valence-electron chi connectivity index (χ2n) is 7.53. The number of carbonyl (C=O) groups is 1. The molecular weight excluding hydrogens is 355 g/mol. The molecule has 0 atom stereocenters. The second-order valence-corrected chi connectivity index (χ2v) is 7.53. The van der Waals surface area contributed by atoms with Gasteiger partial charge in [0, 0.05) is 23.3 Å². The van der Waals surface area contributed by atoms with Crippen LogP contribution in [-0.2, 0) is 4.79 Å². The summed E-state index contributed by atoms with van der Waals surface area (Å²) in [6.45, 7) is 4.57. The highest BCUT2D eigenvalue weighted by Gasteiger charge is 2.18. The fourth-order valence-electron chi connectivity index (χ4n) is 3.56. The number of pyridine rings is 2. The molecule has 1 aliphatic heterocycles. The predicted molar refractivity (Wildman–Crippen MR) is 108 cm³/mol. The minimum absolute atomic E-state index is 0.0492. The summed E-state index contributed by atoms with van der Waals surface area (Å²) in [5, 5.41) is 4.78. The van der Waals surface area contributed by atoms with Gasteiger partial charge in [-0.2, -0.15) is 0 Å². The summed E-state index contributed by atoms with van der Waals surface area (Å²) >= 11 is 0. The Morgan fingerprint density at radius 2 is 1.93 bits per heavy atom. The first-order chi connectivity index (χ1) is 13.6. The first-order valence-electron chi connectivity index (χ1n) is 9.60. The van der Waals surface area contributed by atoms with E-state index in [0.29, 0.717) is 17.9 Å². The van der Waals surface area contributed by atoms with Crippen molar-refractivity contribution >= 4 is 22.5 Å². The van der Waals surface area contributed by atoms with Gasteiger partial charge in [-0.3, -0.25) is 14.7 Å². The number of aromatic nitrogens is 2. The monoisotopic (exact) mass is 378 g/mol. The molecule has 2 aromatic heterocycles. The van der Waals surface area contributed by atoms with E-state index >= 15 is 0 Å². The van der Waals surface area contributed by atoms with E-state index in [4.69, 9.17) is 0 Å². The normalized spacial score (nSPS) is 15.6. The molecule has 1 aromatic carbocycles. The molecule has 5 nitrogen and oxygen atoms in total. The van der Waals surface area contributed by atoms with Gasteiger partial charge in [0.25, 0.3) is 0 Å². The lowest BCUT2D eigenvalue weighted by Crippen LogP contribution is -2.38. The van der Waals surface area contributed by atoms with Crippen LogP contribution in [-0.4, -0.2) is 40.4 Å². The van der Waals surface area contributed by atoms with E-state index in [0.717, 1.165) is 48.2 Å². The Kier molecular flexibility index (Phi) is 5.30. The van der Waals surface area contributed by atoms with Crippen molar-refractivity contribution in [2.75, 3.05) is 25.0 Å². The topological polar surface area (TPSA) is 58.1 Å². The summed E-state index contributed by atoms with van der Waals surface area (Å²) in [4.78, 5) is 22.8. The molecule has 0 radical (unpaired) electrons. The summed E-state index contributed by atoms with van der Waals surface area (Å²) in [6.07, 6.45) is 6.83. The lowest BCUT2D eigenvalue weighted by Gasteiger charge is -2.29. The number of piperidine rings is 1. The maximum atomic E-state index is 13.5. The van der Waals surface area contributed by atoms with Crippen molar-refractivity contribution in [2.45, 2.75) is 19.8 Å². The molecule has 4 rings (SSSR count). The van der Waals surface area contributed by atoms with Gasteiger partial charge in [0.05, 0.1) is 12.7 Å². The number of hydrogen-bond acceptors (Lipinski definition) is 4. The van der Waals surface area contributed by atoms with E-state index in [2.05, 4.69) is 27.1 Å². The second kappa shape index (κ2) is 8.02. The lowest BCUT2D eigenvalue weighted by atomic mass is 9.99. The van der Waals surface area contributed by atoms with Crippen molar-refractivity contribution in [2.24, 2.45) is 5.92 Å². The number of hydrogen-bond donors (Lipinski definition) is 1. The van der Waals surface area contributed by atoms with Crippen LogP contribution >= 0.6 is 0 Å². The predicted octanol–water partition coefficient (Wildman–Crippen LogP) is 4.11. The molecule has 0 unspecified atom stereocenters. The van der Waals surface area contributed by atoms with Crippen molar-refractivity contribution in [3.05, 3.63) is 54.7 Å². The van der Waals surface area contributed by atoms with Gasteiger partial charge in [0.15, 0.2) is 0 Å². The summed E-state index contributed by atoms with van der Waals surface area (Å²) < 4.78 is 13.5. The van der Waals surface area contributed by atoms with Crippen LogP contribution in [0.15, 0.2) is 48.9 Å². The average molecular weight is 378 g/mol. The van der Waals surface area contributed by atoms with Gasteiger partial charge in [-0.15, -0.1) is 0 Å².